The van der Waals surface area contributed by atoms with Crippen molar-refractivity contribution in [3.05, 3.63) is 0 Å². The largest absolute Gasteiger partial charge is 0.354 e. The highest BCUT2D eigenvalue weighted by Gasteiger charge is 2.18. The van der Waals surface area contributed by atoms with E-state index in [1.54, 1.807) is 14.1 Å². The zero-order valence-corrected chi connectivity index (χ0v) is 18.2. The second-order valence-corrected chi connectivity index (χ2v) is 8.80. The van der Waals surface area contributed by atoms with Gasteiger partial charge in [-0.2, -0.15) is 0 Å². The van der Waals surface area contributed by atoms with Crippen molar-refractivity contribution in [3.8, 4) is 0 Å². The molecule has 1 aliphatic carbocycles. The van der Waals surface area contributed by atoms with Gasteiger partial charge in [0.05, 0.1) is 5.75 Å². The fraction of sp³-hybridized carbons (Fsp3) is 0.867. The van der Waals surface area contributed by atoms with Gasteiger partial charge in [0.15, 0.2) is 5.96 Å². The summed E-state index contributed by atoms with van der Waals surface area (Å²) in [7, 11) is 0.422. The van der Waals surface area contributed by atoms with Crippen LogP contribution in [-0.2, 0) is 14.6 Å². The van der Waals surface area contributed by atoms with Gasteiger partial charge in [-0.15, -0.1) is 24.0 Å². The van der Waals surface area contributed by atoms with Crippen LogP contribution < -0.4 is 10.6 Å². The Bertz CT molecular complexity index is 517. The zero-order valence-electron chi connectivity index (χ0n) is 15.0. The average Bonchev–Trinajstić information content (AvgIpc) is 2.94. The molecule has 0 aromatic heterocycles. The maximum Gasteiger partial charge on any atom is 0.243 e. The number of nitrogens with zero attached hydrogens (tertiary/aromatic N) is 2. The van der Waals surface area contributed by atoms with Crippen LogP contribution in [0, 0.1) is 0 Å². The molecule has 0 aromatic rings. The predicted molar refractivity (Wildman–Crippen MR) is 109 cm³/mol. The highest BCUT2D eigenvalue weighted by Crippen LogP contribution is 2.17. The van der Waals surface area contributed by atoms with Gasteiger partial charge in [0, 0.05) is 32.4 Å². The van der Waals surface area contributed by atoms with E-state index in [0.29, 0.717) is 18.4 Å². The molecular formula is C15H31IN4O3S. The summed E-state index contributed by atoms with van der Waals surface area (Å²) in [5.41, 5.74) is 0. The van der Waals surface area contributed by atoms with E-state index < -0.39 is 9.84 Å². The molecule has 9 heteroatoms. The van der Waals surface area contributed by atoms with Gasteiger partial charge < -0.3 is 15.5 Å². The molecule has 0 bridgehead atoms. The Morgan fingerprint density at radius 1 is 1.29 bits per heavy atom. The third-order valence-electron chi connectivity index (χ3n) is 3.87. The molecule has 0 heterocycles. The van der Waals surface area contributed by atoms with E-state index in [-0.39, 0.29) is 48.2 Å². The third kappa shape index (κ3) is 10.3. The first kappa shape index (κ1) is 23.4. The molecule has 1 atom stereocenters. The summed E-state index contributed by atoms with van der Waals surface area (Å²) in [6, 6.07) is 0.338. The van der Waals surface area contributed by atoms with Crippen LogP contribution >= 0.6 is 24.0 Å². The molecule has 0 spiro atoms. The number of likely N-dealkylation sites (N-methyl/N-ethyl adjacent to an activating group) is 1. The van der Waals surface area contributed by atoms with Crippen LogP contribution in [0.5, 0.6) is 0 Å². The van der Waals surface area contributed by atoms with Crippen molar-refractivity contribution in [2.45, 2.75) is 51.1 Å². The van der Waals surface area contributed by atoms with Crippen LogP contribution in [0.2, 0.25) is 0 Å². The molecule has 1 saturated carbocycles. The predicted octanol–water partition coefficient (Wildman–Crippen LogP) is 0.994. The Morgan fingerprint density at radius 3 is 2.38 bits per heavy atom. The molecule has 142 valence electrons. The Hall–Kier alpha value is -0.580. The first-order valence-corrected chi connectivity index (χ1v) is 10.2. The molecule has 0 saturated heterocycles. The summed E-state index contributed by atoms with van der Waals surface area (Å²) in [5, 5.41) is 6.57. The van der Waals surface area contributed by atoms with E-state index >= 15 is 0 Å². The van der Waals surface area contributed by atoms with Gasteiger partial charge in [-0.05, 0) is 26.2 Å². The highest BCUT2D eigenvalue weighted by atomic mass is 127. The van der Waals surface area contributed by atoms with Crippen LogP contribution in [0.1, 0.15) is 39.0 Å². The first-order valence-electron chi connectivity index (χ1n) is 8.13. The maximum atomic E-state index is 11.7. The van der Waals surface area contributed by atoms with Gasteiger partial charge in [-0.25, -0.2) is 13.4 Å². The molecule has 1 rings (SSSR count). The fourth-order valence-corrected chi connectivity index (χ4v) is 3.16. The number of rotatable bonds is 7. The van der Waals surface area contributed by atoms with Crippen LogP contribution in [0.3, 0.4) is 0 Å². The second-order valence-electron chi connectivity index (χ2n) is 6.54. The van der Waals surface area contributed by atoms with Crippen molar-refractivity contribution in [2.24, 2.45) is 4.99 Å². The number of halogens is 1. The summed E-state index contributed by atoms with van der Waals surface area (Å²) in [6.07, 6.45) is 6.34. The van der Waals surface area contributed by atoms with Crippen LogP contribution in [-0.4, -0.2) is 69.9 Å². The minimum absolute atomic E-state index is 0. The lowest BCUT2D eigenvalue weighted by Gasteiger charge is -2.21. The molecule has 1 amide bonds. The number of hydrogen-bond donors (Lipinski definition) is 2. The number of guanidine groups is 1. The van der Waals surface area contributed by atoms with Gasteiger partial charge in [0.2, 0.25) is 5.91 Å². The van der Waals surface area contributed by atoms with E-state index in [2.05, 4.69) is 15.6 Å². The summed E-state index contributed by atoms with van der Waals surface area (Å²) in [4.78, 5) is 17.6. The molecule has 7 nitrogen and oxygen atoms in total. The van der Waals surface area contributed by atoms with Crippen molar-refractivity contribution >= 4 is 45.7 Å². The Balaban J connectivity index is 0.00000529. The van der Waals surface area contributed by atoms with Crippen molar-refractivity contribution in [1.29, 1.82) is 0 Å². The highest BCUT2D eigenvalue weighted by molar-refractivity contribution is 14.0. The lowest BCUT2D eigenvalue weighted by atomic mass is 10.2. The van der Waals surface area contributed by atoms with Gasteiger partial charge in [-0.1, -0.05) is 12.8 Å². The van der Waals surface area contributed by atoms with Crippen LogP contribution in [0.25, 0.3) is 0 Å². The monoisotopic (exact) mass is 474 g/mol. The Morgan fingerprint density at radius 2 is 1.88 bits per heavy atom. The number of hydrogen-bond acceptors (Lipinski definition) is 4. The minimum atomic E-state index is -2.98. The number of aliphatic imine (C=N–C) groups is 1. The fourth-order valence-electron chi connectivity index (χ4n) is 2.38. The Labute approximate surface area is 163 Å². The summed E-state index contributed by atoms with van der Waals surface area (Å²) >= 11 is 0. The number of carbonyl (C=O) groups excluding carboxylic acids is 1. The van der Waals surface area contributed by atoms with Gasteiger partial charge in [-0.3, -0.25) is 4.79 Å². The van der Waals surface area contributed by atoms with Gasteiger partial charge in [0.1, 0.15) is 16.4 Å². The molecule has 0 aliphatic heterocycles. The summed E-state index contributed by atoms with van der Waals surface area (Å²) < 4.78 is 22.5. The molecular weight excluding hydrogens is 443 g/mol. The normalized spacial score (nSPS) is 17.1. The molecule has 0 radical (unpaired) electrons. The summed E-state index contributed by atoms with van der Waals surface area (Å²) in [6.45, 7) is 2.00. The smallest absolute Gasteiger partial charge is 0.243 e. The SMILES string of the molecule is CC(CCS(C)(=O)=O)NC(=NCC(=O)N(C)C)NC1CCCC1.I. The van der Waals surface area contributed by atoms with Gasteiger partial charge >= 0.3 is 0 Å². The topological polar surface area (TPSA) is 90.9 Å². The van der Waals surface area contributed by atoms with Crippen molar-refractivity contribution in [1.82, 2.24) is 15.5 Å². The zero-order chi connectivity index (χ0) is 17.5. The van der Waals surface area contributed by atoms with E-state index in [1.165, 1.54) is 24.0 Å². The molecule has 1 aliphatic rings. The first-order chi connectivity index (χ1) is 10.7. The van der Waals surface area contributed by atoms with E-state index in [9.17, 15) is 13.2 Å². The number of amides is 1. The maximum absolute atomic E-state index is 11.7. The van der Waals surface area contributed by atoms with Crippen molar-refractivity contribution < 1.29 is 13.2 Å². The van der Waals surface area contributed by atoms with Crippen molar-refractivity contribution in [2.75, 3.05) is 32.6 Å². The quantitative estimate of drug-likeness (QED) is 0.327. The third-order valence-corrected chi connectivity index (χ3v) is 4.85. The number of carbonyl (C=O) groups is 1. The molecule has 24 heavy (non-hydrogen) atoms. The van der Waals surface area contributed by atoms with E-state index in [4.69, 9.17) is 0 Å². The minimum Gasteiger partial charge on any atom is -0.354 e. The van der Waals surface area contributed by atoms with Gasteiger partial charge in [0.25, 0.3) is 0 Å². The molecule has 0 aromatic carbocycles. The van der Waals surface area contributed by atoms with E-state index in [0.717, 1.165) is 12.8 Å². The van der Waals surface area contributed by atoms with Crippen LogP contribution in [0.15, 0.2) is 4.99 Å². The molecule has 1 unspecified atom stereocenters. The standard InChI is InChI=1S/C15H30N4O3S.HI/c1-12(9-10-23(4,21)22)17-15(16-11-14(20)19(2)3)18-13-7-5-6-8-13;/h12-13H,5-11H2,1-4H3,(H2,16,17,18);1H. The van der Waals surface area contributed by atoms with Crippen molar-refractivity contribution in [3.63, 3.8) is 0 Å². The number of sulfone groups is 1. The average molecular weight is 474 g/mol. The van der Waals surface area contributed by atoms with Crippen LogP contribution in [0.4, 0.5) is 0 Å². The van der Waals surface area contributed by atoms with E-state index in [1.807, 2.05) is 6.92 Å². The molecule has 1 fully saturated rings. The Kier molecular flexibility index (Phi) is 10.8. The lowest BCUT2D eigenvalue weighted by molar-refractivity contribution is -0.127. The lowest BCUT2D eigenvalue weighted by Crippen LogP contribution is -2.46. The summed E-state index contributed by atoms with van der Waals surface area (Å²) in [5.74, 6) is 0.656. The number of nitrogens with one attached hydrogen (secondary N) is 2. The second kappa shape index (κ2) is 11.1. The molecule has 2 N–H and O–H groups in total.